The topological polar surface area (TPSA) is 35.5 Å². The Morgan fingerprint density at radius 2 is 2.21 bits per heavy atom. The van der Waals surface area contributed by atoms with Gasteiger partial charge in [0.15, 0.2) is 0 Å². The Kier molecular flexibility index (Phi) is 3.42. The Labute approximate surface area is 86.5 Å². The van der Waals surface area contributed by atoms with Gasteiger partial charge in [-0.15, -0.1) is 0 Å². The van der Waals surface area contributed by atoms with Crippen LogP contribution in [0.1, 0.15) is 32.6 Å². The first-order chi connectivity index (χ1) is 6.83. The molecule has 1 saturated carbocycles. The van der Waals surface area contributed by atoms with Crippen molar-refractivity contribution < 1.29 is 5.11 Å². The van der Waals surface area contributed by atoms with E-state index >= 15 is 0 Å². The Balaban J connectivity index is 1.71. The summed E-state index contributed by atoms with van der Waals surface area (Å²) in [6.07, 6.45) is 5.09. The van der Waals surface area contributed by atoms with E-state index in [1.165, 1.54) is 32.4 Å². The minimum absolute atomic E-state index is 0.274. The van der Waals surface area contributed by atoms with E-state index in [1.54, 1.807) is 0 Å². The fraction of sp³-hybridized carbons (Fsp3) is 1.00. The summed E-state index contributed by atoms with van der Waals surface area (Å²) in [5, 5.41) is 12.6. The van der Waals surface area contributed by atoms with Gasteiger partial charge in [-0.25, -0.2) is 0 Å². The van der Waals surface area contributed by atoms with Crippen LogP contribution in [-0.4, -0.2) is 47.8 Å². The van der Waals surface area contributed by atoms with Crippen LogP contribution in [0.25, 0.3) is 0 Å². The highest BCUT2D eigenvalue weighted by atomic mass is 16.3. The van der Waals surface area contributed by atoms with Gasteiger partial charge in [0.25, 0.3) is 0 Å². The summed E-state index contributed by atoms with van der Waals surface area (Å²) < 4.78 is 0. The highest BCUT2D eigenvalue weighted by Gasteiger charge is 2.34. The van der Waals surface area contributed by atoms with Crippen molar-refractivity contribution in [2.45, 2.75) is 50.7 Å². The molecule has 82 valence electrons. The second kappa shape index (κ2) is 4.60. The van der Waals surface area contributed by atoms with Gasteiger partial charge in [0.2, 0.25) is 0 Å². The smallest absolute Gasteiger partial charge is 0.0584 e. The number of aliphatic hydroxyl groups excluding tert-OH is 1. The zero-order valence-corrected chi connectivity index (χ0v) is 9.08. The summed E-state index contributed by atoms with van der Waals surface area (Å²) in [6.45, 7) is 4.85. The predicted molar refractivity (Wildman–Crippen MR) is 57.3 cm³/mol. The van der Waals surface area contributed by atoms with E-state index in [9.17, 15) is 0 Å². The number of likely N-dealkylation sites (tertiary alicyclic amines) is 1. The van der Waals surface area contributed by atoms with E-state index in [4.69, 9.17) is 5.11 Å². The molecule has 2 rings (SSSR count). The van der Waals surface area contributed by atoms with Crippen LogP contribution >= 0.6 is 0 Å². The van der Waals surface area contributed by atoms with E-state index in [2.05, 4.69) is 17.1 Å². The Morgan fingerprint density at radius 3 is 2.79 bits per heavy atom. The summed E-state index contributed by atoms with van der Waals surface area (Å²) in [5.41, 5.74) is 0. The molecule has 0 radical (unpaired) electrons. The van der Waals surface area contributed by atoms with E-state index in [0.717, 1.165) is 12.5 Å². The minimum Gasteiger partial charge on any atom is -0.395 e. The Bertz CT molecular complexity index is 178. The first-order valence-corrected chi connectivity index (χ1v) is 5.94. The summed E-state index contributed by atoms with van der Waals surface area (Å²) in [6, 6.07) is 1.82. The standard InChI is InChI=1S/C11H22N2O/c1-2-9(8-14)12-10-5-6-13(7-10)11-3-4-11/h9-12,14H,2-8H2,1H3/t9-,10?/m0/s1. The fourth-order valence-corrected chi connectivity index (χ4v) is 2.33. The van der Waals surface area contributed by atoms with Crippen LogP contribution in [0.2, 0.25) is 0 Å². The Hall–Kier alpha value is -0.120. The largest absolute Gasteiger partial charge is 0.395 e. The van der Waals surface area contributed by atoms with Gasteiger partial charge in [-0.2, -0.15) is 0 Å². The van der Waals surface area contributed by atoms with Crippen LogP contribution in [0.15, 0.2) is 0 Å². The number of hydrogen-bond donors (Lipinski definition) is 2. The lowest BCUT2D eigenvalue weighted by molar-refractivity contribution is 0.225. The number of nitrogens with one attached hydrogen (secondary N) is 1. The molecule has 0 bridgehead atoms. The maximum absolute atomic E-state index is 9.10. The molecule has 1 aliphatic heterocycles. The van der Waals surface area contributed by atoms with Crippen LogP contribution in [-0.2, 0) is 0 Å². The average molecular weight is 198 g/mol. The van der Waals surface area contributed by atoms with Crippen LogP contribution in [0.5, 0.6) is 0 Å². The Morgan fingerprint density at radius 1 is 1.43 bits per heavy atom. The molecule has 0 aromatic rings. The summed E-state index contributed by atoms with van der Waals surface area (Å²) >= 11 is 0. The predicted octanol–water partition coefficient (Wildman–Crippen LogP) is 0.584. The van der Waals surface area contributed by atoms with Gasteiger partial charge in [0, 0.05) is 31.2 Å². The number of aliphatic hydroxyl groups is 1. The molecule has 0 spiro atoms. The molecule has 0 aromatic heterocycles. The lowest BCUT2D eigenvalue weighted by Crippen LogP contribution is -2.41. The van der Waals surface area contributed by atoms with Gasteiger partial charge in [-0.3, -0.25) is 4.90 Å². The zero-order chi connectivity index (χ0) is 9.97. The molecule has 1 heterocycles. The van der Waals surface area contributed by atoms with Crippen molar-refractivity contribution in [1.82, 2.24) is 10.2 Å². The molecule has 2 aliphatic rings. The van der Waals surface area contributed by atoms with Crippen LogP contribution in [0, 0.1) is 0 Å². The maximum atomic E-state index is 9.10. The number of hydrogen-bond acceptors (Lipinski definition) is 3. The van der Waals surface area contributed by atoms with Gasteiger partial charge < -0.3 is 10.4 Å². The lowest BCUT2D eigenvalue weighted by Gasteiger charge is -2.20. The third-order valence-corrected chi connectivity index (χ3v) is 3.47. The van der Waals surface area contributed by atoms with Gasteiger partial charge >= 0.3 is 0 Å². The van der Waals surface area contributed by atoms with Crippen molar-refractivity contribution in [3.8, 4) is 0 Å². The van der Waals surface area contributed by atoms with Crippen LogP contribution in [0.4, 0.5) is 0 Å². The van der Waals surface area contributed by atoms with E-state index in [0.29, 0.717) is 12.1 Å². The molecule has 2 N–H and O–H groups in total. The van der Waals surface area contributed by atoms with Crippen molar-refractivity contribution in [1.29, 1.82) is 0 Å². The van der Waals surface area contributed by atoms with Gasteiger partial charge in [0.1, 0.15) is 0 Å². The molecule has 3 nitrogen and oxygen atoms in total. The van der Waals surface area contributed by atoms with Crippen molar-refractivity contribution in [2.75, 3.05) is 19.7 Å². The van der Waals surface area contributed by atoms with Gasteiger partial charge in [-0.05, 0) is 25.7 Å². The van der Waals surface area contributed by atoms with Gasteiger partial charge in [0.05, 0.1) is 6.61 Å². The molecule has 1 aliphatic carbocycles. The normalized spacial score (nSPS) is 30.9. The first-order valence-electron chi connectivity index (χ1n) is 5.94. The molecule has 0 amide bonds. The molecular formula is C11H22N2O. The van der Waals surface area contributed by atoms with Crippen molar-refractivity contribution in [3.63, 3.8) is 0 Å². The highest BCUT2D eigenvalue weighted by Crippen LogP contribution is 2.29. The third-order valence-electron chi connectivity index (χ3n) is 3.47. The van der Waals surface area contributed by atoms with Crippen LogP contribution in [0.3, 0.4) is 0 Å². The summed E-state index contributed by atoms with van der Waals surface area (Å²) in [4.78, 5) is 2.60. The molecule has 1 saturated heterocycles. The second-order valence-electron chi connectivity index (χ2n) is 4.67. The molecule has 0 aromatic carbocycles. The van der Waals surface area contributed by atoms with E-state index in [-0.39, 0.29) is 6.61 Å². The van der Waals surface area contributed by atoms with E-state index < -0.39 is 0 Å². The number of nitrogens with zero attached hydrogens (tertiary/aromatic N) is 1. The monoisotopic (exact) mass is 198 g/mol. The van der Waals surface area contributed by atoms with Crippen molar-refractivity contribution >= 4 is 0 Å². The SMILES string of the molecule is CC[C@@H](CO)NC1CCN(C2CC2)C1. The molecule has 2 atom stereocenters. The summed E-state index contributed by atoms with van der Waals surface area (Å²) in [7, 11) is 0. The van der Waals surface area contributed by atoms with Crippen molar-refractivity contribution in [2.24, 2.45) is 0 Å². The first kappa shape index (κ1) is 10.4. The van der Waals surface area contributed by atoms with Crippen LogP contribution < -0.4 is 5.32 Å². The molecule has 14 heavy (non-hydrogen) atoms. The molecule has 3 heteroatoms. The average Bonchev–Trinajstić information content (AvgIpc) is 2.96. The minimum atomic E-state index is 0.274. The molecule has 1 unspecified atom stereocenters. The number of rotatable bonds is 5. The van der Waals surface area contributed by atoms with Gasteiger partial charge in [-0.1, -0.05) is 6.92 Å². The van der Waals surface area contributed by atoms with Crippen molar-refractivity contribution in [3.05, 3.63) is 0 Å². The fourth-order valence-electron chi connectivity index (χ4n) is 2.33. The third kappa shape index (κ3) is 2.47. The quantitative estimate of drug-likeness (QED) is 0.678. The lowest BCUT2D eigenvalue weighted by atomic mass is 10.2. The highest BCUT2D eigenvalue weighted by molar-refractivity contribution is 4.92. The maximum Gasteiger partial charge on any atom is 0.0584 e. The van der Waals surface area contributed by atoms with E-state index in [1.807, 2.05) is 0 Å². The zero-order valence-electron chi connectivity index (χ0n) is 9.08. The second-order valence-corrected chi connectivity index (χ2v) is 4.67. The molecular weight excluding hydrogens is 176 g/mol. The summed E-state index contributed by atoms with van der Waals surface area (Å²) in [5.74, 6) is 0. The molecule has 2 fully saturated rings.